The average Bonchev–Trinajstić information content (AvgIpc) is 2.83. The molecule has 0 aliphatic carbocycles. The molecule has 1 amide bonds. The molecule has 1 aromatic carbocycles. The van der Waals surface area contributed by atoms with Crippen LogP contribution in [0.25, 0.3) is 0 Å². The fourth-order valence-corrected chi connectivity index (χ4v) is 4.04. The zero-order valence-electron chi connectivity index (χ0n) is 11.3. The fraction of sp³-hybridized carbons (Fsp3) is 0.533. The molecule has 3 atom stereocenters. The summed E-state index contributed by atoms with van der Waals surface area (Å²) in [6, 6.07) is 3.32. The standard InChI is InChI=1S/C15H17BrFNO2/c1-8-10(4-5-20-8)15(16)11-6-9-2-3-14(19)18-13(9)7-12(11)17/h6-8,10,15H,2-5H2,1H3,(H,18,19). The van der Waals surface area contributed by atoms with E-state index >= 15 is 0 Å². The number of benzene rings is 1. The van der Waals surface area contributed by atoms with Gasteiger partial charge in [0.2, 0.25) is 5.91 Å². The Balaban J connectivity index is 1.92. The maximum Gasteiger partial charge on any atom is 0.224 e. The van der Waals surface area contributed by atoms with Gasteiger partial charge in [0.05, 0.1) is 6.10 Å². The van der Waals surface area contributed by atoms with E-state index in [1.54, 1.807) is 0 Å². The van der Waals surface area contributed by atoms with Crippen molar-refractivity contribution in [1.29, 1.82) is 0 Å². The molecule has 0 radical (unpaired) electrons. The first-order chi connectivity index (χ1) is 9.56. The molecule has 0 saturated carbocycles. The molecule has 20 heavy (non-hydrogen) atoms. The van der Waals surface area contributed by atoms with Crippen molar-refractivity contribution in [1.82, 2.24) is 0 Å². The molecule has 1 aromatic rings. The number of amides is 1. The van der Waals surface area contributed by atoms with E-state index in [0.29, 0.717) is 24.1 Å². The van der Waals surface area contributed by atoms with Crippen molar-refractivity contribution in [2.24, 2.45) is 5.92 Å². The van der Waals surface area contributed by atoms with Gasteiger partial charge in [-0.15, -0.1) is 0 Å². The van der Waals surface area contributed by atoms with Crippen molar-refractivity contribution in [2.45, 2.75) is 37.1 Å². The van der Waals surface area contributed by atoms with E-state index in [1.165, 1.54) is 6.07 Å². The highest BCUT2D eigenvalue weighted by Crippen LogP contribution is 2.42. The second-order valence-corrected chi connectivity index (χ2v) is 6.50. The van der Waals surface area contributed by atoms with Crippen LogP contribution in [0.1, 0.15) is 35.7 Å². The lowest BCUT2D eigenvalue weighted by atomic mass is 9.91. The largest absolute Gasteiger partial charge is 0.378 e. The Morgan fingerprint density at radius 1 is 1.45 bits per heavy atom. The van der Waals surface area contributed by atoms with Gasteiger partial charge in [-0.05, 0) is 37.5 Å². The topological polar surface area (TPSA) is 38.3 Å². The van der Waals surface area contributed by atoms with Crippen LogP contribution < -0.4 is 5.32 Å². The van der Waals surface area contributed by atoms with Crippen LogP contribution in [0, 0.1) is 11.7 Å². The van der Waals surface area contributed by atoms with Gasteiger partial charge in [-0.25, -0.2) is 4.39 Å². The quantitative estimate of drug-likeness (QED) is 0.835. The normalized spacial score (nSPS) is 27.1. The SMILES string of the molecule is CC1OCCC1C(Br)c1cc2c(cc1F)NC(=O)CC2. The molecule has 3 rings (SSSR count). The van der Waals surface area contributed by atoms with Gasteiger partial charge < -0.3 is 10.1 Å². The number of alkyl halides is 1. The molecule has 2 aliphatic rings. The molecule has 0 bridgehead atoms. The van der Waals surface area contributed by atoms with Gasteiger partial charge >= 0.3 is 0 Å². The van der Waals surface area contributed by atoms with E-state index < -0.39 is 0 Å². The van der Waals surface area contributed by atoms with Crippen molar-refractivity contribution in [3.63, 3.8) is 0 Å². The van der Waals surface area contributed by atoms with Gasteiger partial charge in [0.15, 0.2) is 0 Å². The predicted octanol–water partition coefficient (Wildman–Crippen LogP) is 3.57. The van der Waals surface area contributed by atoms with Crippen molar-refractivity contribution in [2.75, 3.05) is 11.9 Å². The van der Waals surface area contributed by atoms with Crippen molar-refractivity contribution < 1.29 is 13.9 Å². The molecular formula is C15H17BrFNO2. The number of halogens is 2. The third-order valence-electron chi connectivity index (χ3n) is 4.23. The molecule has 1 saturated heterocycles. The maximum absolute atomic E-state index is 14.3. The second-order valence-electron chi connectivity index (χ2n) is 5.51. The number of carbonyl (C=O) groups excluding carboxylic acids is 1. The summed E-state index contributed by atoms with van der Waals surface area (Å²) in [6.07, 6.45) is 2.21. The van der Waals surface area contributed by atoms with Gasteiger partial charge in [0.1, 0.15) is 5.82 Å². The number of hydrogen-bond acceptors (Lipinski definition) is 2. The average molecular weight is 342 g/mol. The minimum Gasteiger partial charge on any atom is -0.378 e. The first kappa shape index (κ1) is 14.0. The van der Waals surface area contributed by atoms with Gasteiger partial charge in [0.25, 0.3) is 0 Å². The maximum atomic E-state index is 14.3. The summed E-state index contributed by atoms with van der Waals surface area (Å²) in [5, 5.41) is 2.73. The minimum absolute atomic E-state index is 0.0437. The zero-order chi connectivity index (χ0) is 14.3. The summed E-state index contributed by atoms with van der Waals surface area (Å²) in [7, 11) is 0. The van der Waals surface area contributed by atoms with Crippen LogP contribution in [0.3, 0.4) is 0 Å². The van der Waals surface area contributed by atoms with Crippen LogP contribution in [0.2, 0.25) is 0 Å². The molecule has 2 heterocycles. The number of anilines is 1. The molecule has 108 valence electrons. The Kier molecular flexibility index (Phi) is 3.82. The predicted molar refractivity (Wildman–Crippen MR) is 78.5 cm³/mol. The Labute approximate surface area is 126 Å². The van der Waals surface area contributed by atoms with E-state index in [9.17, 15) is 9.18 Å². The van der Waals surface area contributed by atoms with Crippen LogP contribution in [0.4, 0.5) is 10.1 Å². The summed E-state index contributed by atoms with van der Waals surface area (Å²) in [5.74, 6) is -0.0366. The van der Waals surface area contributed by atoms with Gasteiger partial charge in [-0.1, -0.05) is 15.9 Å². The number of carbonyl (C=O) groups is 1. The Hall–Kier alpha value is -0.940. The second kappa shape index (κ2) is 5.45. The summed E-state index contributed by atoms with van der Waals surface area (Å²) in [6.45, 7) is 2.76. The van der Waals surface area contributed by atoms with E-state index in [-0.39, 0.29) is 28.6 Å². The minimum atomic E-state index is -0.271. The van der Waals surface area contributed by atoms with Crippen molar-refractivity contribution in [3.05, 3.63) is 29.1 Å². The highest BCUT2D eigenvalue weighted by molar-refractivity contribution is 9.09. The van der Waals surface area contributed by atoms with E-state index in [1.807, 2.05) is 13.0 Å². The molecule has 0 aromatic heterocycles. The van der Waals surface area contributed by atoms with Crippen LogP contribution in [-0.4, -0.2) is 18.6 Å². The molecule has 3 nitrogen and oxygen atoms in total. The highest BCUT2D eigenvalue weighted by Gasteiger charge is 2.33. The number of hydrogen-bond donors (Lipinski definition) is 1. The van der Waals surface area contributed by atoms with E-state index in [4.69, 9.17) is 4.74 Å². The van der Waals surface area contributed by atoms with Gasteiger partial charge in [-0.2, -0.15) is 0 Å². The van der Waals surface area contributed by atoms with Gasteiger partial charge in [-0.3, -0.25) is 4.79 Å². The monoisotopic (exact) mass is 341 g/mol. The number of fused-ring (bicyclic) bond motifs is 1. The summed E-state index contributed by atoms with van der Waals surface area (Å²) in [5.41, 5.74) is 2.29. The summed E-state index contributed by atoms with van der Waals surface area (Å²) in [4.78, 5) is 11.3. The van der Waals surface area contributed by atoms with E-state index in [0.717, 1.165) is 18.6 Å². The molecule has 1 N–H and O–H groups in total. The number of rotatable bonds is 2. The summed E-state index contributed by atoms with van der Waals surface area (Å²) < 4.78 is 19.9. The first-order valence-electron chi connectivity index (χ1n) is 6.94. The lowest BCUT2D eigenvalue weighted by molar-refractivity contribution is -0.116. The molecular weight excluding hydrogens is 325 g/mol. The van der Waals surface area contributed by atoms with E-state index in [2.05, 4.69) is 21.2 Å². The Morgan fingerprint density at radius 3 is 2.95 bits per heavy atom. The third-order valence-corrected chi connectivity index (χ3v) is 5.40. The van der Waals surface area contributed by atoms with Crippen LogP contribution >= 0.6 is 15.9 Å². The smallest absolute Gasteiger partial charge is 0.224 e. The number of ether oxygens (including phenoxy) is 1. The molecule has 3 unspecified atom stereocenters. The fourth-order valence-electron chi connectivity index (χ4n) is 3.00. The van der Waals surface area contributed by atoms with Crippen LogP contribution in [0.15, 0.2) is 12.1 Å². The molecule has 1 fully saturated rings. The van der Waals surface area contributed by atoms with Gasteiger partial charge in [0, 0.05) is 35.0 Å². The summed E-state index contributed by atoms with van der Waals surface area (Å²) >= 11 is 3.64. The highest BCUT2D eigenvalue weighted by atomic mass is 79.9. The molecule has 2 aliphatic heterocycles. The lowest BCUT2D eigenvalue weighted by Crippen LogP contribution is -2.21. The first-order valence-corrected chi connectivity index (χ1v) is 7.85. The Bertz CT molecular complexity index is 549. The van der Waals surface area contributed by atoms with Crippen LogP contribution in [0.5, 0.6) is 0 Å². The molecule has 0 spiro atoms. The number of aryl methyl sites for hydroxylation is 1. The number of nitrogens with one attached hydrogen (secondary N) is 1. The Morgan fingerprint density at radius 2 is 2.25 bits per heavy atom. The molecule has 5 heteroatoms. The van der Waals surface area contributed by atoms with Crippen LogP contribution in [-0.2, 0) is 16.0 Å². The van der Waals surface area contributed by atoms with Crippen molar-refractivity contribution in [3.8, 4) is 0 Å². The third kappa shape index (κ3) is 2.49. The van der Waals surface area contributed by atoms with Crippen molar-refractivity contribution >= 4 is 27.5 Å². The lowest BCUT2D eigenvalue weighted by Gasteiger charge is -2.24. The zero-order valence-corrected chi connectivity index (χ0v) is 12.9.